The van der Waals surface area contributed by atoms with Crippen LogP contribution in [-0.4, -0.2) is 50.2 Å². The third-order valence-corrected chi connectivity index (χ3v) is 6.82. The summed E-state index contributed by atoms with van der Waals surface area (Å²) in [5.74, 6) is 1.76. The van der Waals surface area contributed by atoms with E-state index in [2.05, 4.69) is 20.2 Å². The minimum Gasteiger partial charge on any atom is -0.457 e. The quantitative estimate of drug-likeness (QED) is 0.270. The lowest BCUT2D eigenvalue weighted by atomic mass is 10.1. The Morgan fingerprint density at radius 2 is 1.69 bits per heavy atom. The molecule has 10 heteroatoms. The molecule has 1 aliphatic heterocycles. The van der Waals surface area contributed by atoms with Crippen molar-refractivity contribution in [1.29, 1.82) is 0 Å². The molecule has 3 heterocycles. The highest BCUT2D eigenvalue weighted by molar-refractivity contribution is 5.98. The van der Waals surface area contributed by atoms with Crippen LogP contribution in [0.4, 0.5) is 17.2 Å². The van der Waals surface area contributed by atoms with Crippen LogP contribution in [0.15, 0.2) is 85.2 Å². The van der Waals surface area contributed by atoms with E-state index in [4.69, 9.17) is 21.3 Å². The lowest BCUT2D eigenvalue weighted by Gasteiger charge is -2.16. The van der Waals surface area contributed by atoms with E-state index in [1.165, 1.54) is 6.33 Å². The molecular formula is C29H28N8O2. The van der Waals surface area contributed by atoms with Gasteiger partial charge in [-0.1, -0.05) is 30.3 Å². The van der Waals surface area contributed by atoms with E-state index in [9.17, 15) is 4.79 Å². The summed E-state index contributed by atoms with van der Waals surface area (Å²) in [7, 11) is 0. The molecule has 0 saturated carbocycles. The number of nitrogens with two attached hydrogens (primary N) is 2. The van der Waals surface area contributed by atoms with Gasteiger partial charge in [-0.05, 0) is 55.0 Å². The number of nitrogens with zero attached hydrogens (tertiary/aromatic N) is 5. The summed E-state index contributed by atoms with van der Waals surface area (Å²) in [6.45, 7) is 1.67. The number of carbonyl (C=O) groups is 1. The molecule has 0 bridgehead atoms. The molecule has 1 saturated heterocycles. The Morgan fingerprint density at radius 3 is 2.49 bits per heavy atom. The summed E-state index contributed by atoms with van der Waals surface area (Å²) in [6, 6.07) is 24.6. The number of hydrogen-bond acceptors (Lipinski definition) is 8. The molecule has 0 aliphatic carbocycles. The Kier molecular flexibility index (Phi) is 6.52. The van der Waals surface area contributed by atoms with Crippen molar-refractivity contribution >= 4 is 34.1 Å². The number of rotatable bonds is 7. The number of benzene rings is 3. The zero-order valence-corrected chi connectivity index (χ0v) is 21.2. The van der Waals surface area contributed by atoms with Crippen molar-refractivity contribution in [2.45, 2.75) is 12.5 Å². The molecule has 1 aliphatic rings. The normalized spacial score (nSPS) is 15.4. The molecule has 39 heavy (non-hydrogen) atoms. The summed E-state index contributed by atoms with van der Waals surface area (Å²) in [4.78, 5) is 23.5. The van der Waals surface area contributed by atoms with E-state index < -0.39 is 0 Å². The number of hydrogen-bond donors (Lipinski definition) is 3. The second kappa shape index (κ2) is 10.4. The fourth-order valence-electron chi connectivity index (χ4n) is 4.92. The Balaban J connectivity index is 1.21. The lowest BCUT2D eigenvalue weighted by Crippen LogP contribution is -2.32. The predicted octanol–water partition coefficient (Wildman–Crippen LogP) is 4.34. The van der Waals surface area contributed by atoms with E-state index in [0.29, 0.717) is 40.5 Å². The summed E-state index contributed by atoms with van der Waals surface area (Å²) < 4.78 is 7.86. The molecule has 0 spiro atoms. The van der Waals surface area contributed by atoms with Crippen molar-refractivity contribution in [3.8, 4) is 22.8 Å². The van der Waals surface area contributed by atoms with Crippen LogP contribution < -0.4 is 21.5 Å². The maximum atomic E-state index is 12.7. The van der Waals surface area contributed by atoms with Gasteiger partial charge >= 0.3 is 0 Å². The second-order valence-electron chi connectivity index (χ2n) is 9.50. The maximum absolute atomic E-state index is 12.7. The van der Waals surface area contributed by atoms with Crippen LogP contribution in [0.3, 0.4) is 0 Å². The van der Waals surface area contributed by atoms with Crippen molar-refractivity contribution in [1.82, 2.24) is 24.6 Å². The first-order valence-corrected chi connectivity index (χ1v) is 12.7. The Hall–Kier alpha value is -4.96. The van der Waals surface area contributed by atoms with Gasteiger partial charge in [0.05, 0.1) is 29.3 Å². The summed E-state index contributed by atoms with van der Waals surface area (Å²) >= 11 is 0. The molecular weight excluding hydrogens is 492 g/mol. The van der Waals surface area contributed by atoms with Gasteiger partial charge in [-0.25, -0.2) is 14.6 Å². The van der Waals surface area contributed by atoms with E-state index >= 15 is 0 Å². The molecule has 1 amide bonds. The minimum atomic E-state index is -0.107. The summed E-state index contributed by atoms with van der Waals surface area (Å²) in [5, 5.41) is 8.57. The lowest BCUT2D eigenvalue weighted by molar-refractivity contribution is -0.117. The number of amides is 1. The number of para-hydroxylation sites is 3. The first kappa shape index (κ1) is 24.4. The molecule has 0 radical (unpaired) electrons. The summed E-state index contributed by atoms with van der Waals surface area (Å²) in [6.07, 6.45) is 2.28. The fourth-order valence-corrected chi connectivity index (χ4v) is 4.92. The van der Waals surface area contributed by atoms with Crippen LogP contribution in [0.1, 0.15) is 12.5 Å². The van der Waals surface area contributed by atoms with Gasteiger partial charge in [-0.15, -0.1) is 0 Å². The number of likely N-dealkylation sites (tertiary alicyclic amines) is 1. The molecule has 6 rings (SSSR count). The maximum Gasteiger partial charge on any atom is 0.238 e. The third-order valence-electron chi connectivity index (χ3n) is 6.82. The van der Waals surface area contributed by atoms with Crippen molar-refractivity contribution in [3.63, 3.8) is 0 Å². The van der Waals surface area contributed by atoms with E-state index in [1.807, 2.05) is 71.4 Å². The van der Waals surface area contributed by atoms with Crippen LogP contribution in [0.25, 0.3) is 22.3 Å². The highest BCUT2D eigenvalue weighted by atomic mass is 16.5. The van der Waals surface area contributed by atoms with Gasteiger partial charge in [0.2, 0.25) is 5.91 Å². The second-order valence-corrected chi connectivity index (χ2v) is 9.50. The highest BCUT2D eigenvalue weighted by Gasteiger charge is 2.29. The van der Waals surface area contributed by atoms with Gasteiger partial charge in [0.1, 0.15) is 29.3 Å². The average molecular weight is 521 g/mol. The monoisotopic (exact) mass is 520 g/mol. The van der Waals surface area contributed by atoms with E-state index in [0.717, 1.165) is 30.0 Å². The standard InChI is InChI=1S/C29H28N8O2/c30-23-8-4-5-9-24(23)34-25(38)17-36-15-14-20(16-36)37-29-26(28(31)32-18-33-29)27(35-37)19-10-12-22(13-11-19)39-21-6-2-1-3-7-21/h1-13,18,20H,14-17,30H2,(H,34,38)(H2,31,32,33). The number of nitrogen functional groups attached to an aromatic ring is 2. The van der Waals surface area contributed by atoms with Crippen LogP contribution in [0, 0.1) is 0 Å². The fraction of sp³-hybridized carbons (Fsp3) is 0.172. The molecule has 1 fully saturated rings. The topological polar surface area (TPSA) is 137 Å². The van der Waals surface area contributed by atoms with Gasteiger partial charge in [-0.3, -0.25) is 9.69 Å². The molecule has 196 valence electrons. The number of nitrogens with one attached hydrogen (secondary N) is 1. The predicted molar refractivity (Wildman–Crippen MR) is 151 cm³/mol. The molecule has 2 aromatic heterocycles. The SMILES string of the molecule is Nc1ccccc1NC(=O)CN1CCC(n2nc(-c3ccc(Oc4ccccc4)cc3)c3c(N)ncnc32)C1. The number of carbonyl (C=O) groups excluding carboxylic acids is 1. The molecule has 1 atom stereocenters. The minimum absolute atomic E-state index is 0.0332. The Morgan fingerprint density at radius 1 is 0.949 bits per heavy atom. The number of aromatic nitrogens is 4. The van der Waals surface area contributed by atoms with Gasteiger partial charge in [0, 0.05) is 18.7 Å². The average Bonchev–Trinajstić information content (AvgIpc) is 3.56. The number of ether oxygens (including phenoxy) is 1. The van der Waals surface area contributed by atoms with Crippen molar-refractivity contribution < 1.29 is 9.53 Å². The number of anilines is 3. The van der Waals surface area contributed by atoms with Crippen molar-refractivity contribution in [2.75, 3.05) is 36.4 Å². The number of fused-ring (bicyclic) bond motifs is 1. The van der Waals surface area contributed by atoms with Gasteiger partial charge in [0.15, 0.2) is 5.65 Å². The van der Waals surface area contributed by atoms with Gasteiger partial charge in [0.25, 0.3) is 0 Å². The van der Waals surface area contributed by atoms with Crippen LogP contribution in [0.2, 0.25) is 0 Å². The zero-order chi connectivity index (χ0) is 26.8. The Bertz CT molecular complexity index is 1620. The Labute approximate surface area is 225 Å². The molecule has 3 aromatic carbocycles. The highest BCUT2D eigenvalue weighted by Crippen LogP contribution is 2.35. The van der Waals surface area contributed by atoms with Crippen molar-refractivity contribution in [3.05, 3.63) is 85.2 Å². The van der Waals surface area contributed by atoms with Crippen LogP contribution in [0.5, 0.6) is 11.5 Å². The van der Waals surface area contributed by atoms with Crippen molar-refractivity contribution in [2.24, 2.45) is 0 Å². The molecule has 5 N–H and O–H groups in total. The molecule has 5 aromatic rings. The first-order chi connectivity index (χ1) is 19.0. The van der Waals surface area contributed by atoms with Gasteiger partial charge < -0.3 is 21.5 Å². The van der Waals surface area contributed by atoms with Crippen LogP contribution >= 0.6 is 0 Å². The largest absolute Gasteiger partial charge is 0.457 e. The van der Waals surface area contributed by atoms with E-state index in [-0.39, 0.29) is 18.5 Å². The zero-order valence-electron chi connectivity index (χ0n) is 21.2. The molecule has 10 nitrogen and oxygen atoms in total. The van der Waals surface area contributed by atoms with Gasteiger partial charge in [-0.2, -0.15) is 5.10 Å². The molecule has 1 unspecified atom stereocenters. The summed E-state index contributed by atoms with van der Waals surface area (Å²) in [5.41, 5.74) is 15.7. The smallest absolute Gasteiger partial charge is 0.238 e. The third kappa shape index (κ3) is 5.10. The van der Waals surface area contributed by atoms with E-state index in [1.54, 1.807) is 12.1 Å². The van der Waals surface area contributed by atoms with Crippen LogP contribution in [-0.2, 0) is 4.79 Å². The first-order valence-electron chi connectivity index (χ1n) is 12.7.